The van der Waals surface area contributed by atoms with Crippen LogP contribution in [0, 0.1) is 27.7 Å². The molecule has 11 aromatic rings. The number of nitrogens with zero attached hydrogens (tertiary/aromatic N) is 5. The normalized spacial score (nSPS) is 14.1. The molecular formula is C69H51N5. The first-order valence-electron chi connectivity index (χ1n) is 25.6. The maximum atomic E-state index is 5.18. The molecule has 4 heterocycles. The van der Waals surface area contributed by atoms with Crippen molar-refractivity contribution in [2.24, 2.45) is 0 Å². The van der Waals surface area contributed by atoms with E-state index in [1.165, 1.54) is 78.1 Å². The lowest BCUT2D eigenvalue weighted by molar-refractivity contribution is 0.606. The Morgan fingerprint density at radius 2 is 0.649 bits per heavy atom. The van der Waals surface area contributed by atoms with Gasteiger partial charge in [0.15, 0.2) is 5.82 Å². The fourth-order valence-corrected chi connectivity index (χ4v) is 12.8. The molecule has 5 nitrogen and oxygen atoms in total. The Labute approximate surface area is 432 Å². The second-order valence-electron chi connectivity index (χ2n) is 20.3. The highest BCUT2D eigenvalue weighted by molar-refractivity contribution is 5.96. The third kappa shape index (κ3) is 6.32. The highest BCUT2D eigenvalue weighted by Gasteiger charge is 2.59. The fraction of sp³-hybridized carbons (Fsp3) is 0.0870. The molecule has 3 aliphatic rings. The molecule has 2 aromatic heterocycles. The standard InChI is InChI=1S/C69H51N5/c1-44-23-31-63-57(39-44)68(58-40-45(2)24-32-64(58)73(63)51-17-9-6-10-18-51)53-19-11-13-21-55(53)69(56-22-14-12-20-54(56)68)59-41-46(3)25-33-65(59)74(66-34-26-47(4)42-60(66)69)52-29-27-50(28-30-52)67-71-61(48-15-7-5-8-16-48)43-62(72-67)49-35-37-70-38-36-49/h5-43H,1-4H3. The average Bonchev–Trinajstić information content (AvgIpc) is 3.47. The zero-order valence-electron chi connectivity index (χ0n) is 41.8. The van der Waals surface area contributed by atoms with Crippen LogP contribution in [0.15, 0.2) is 237 Å². The Kier molecular flexibility index (Phi) is 9.83. The predicted octanol–water partition coefficient (Wildman–Crippen LogP) is 16.8. The second-order valence-corrected chi connectivity index (χ2v) is 20.3. The zero-order valence-corrected chi connectivity index (χ0v) is 41.8. The van der Waals surface area contributed by atoms with Crippen molar-refractivity contribution in [3.63, 3.8) is 0 Å². The minimum absolute atomic E-state index is 0.662. The van der Waals surface area contributed by atoms with Crippen LogP contribution in [-0.4, -0.2) is 15.0 Å². The Hall–Kier alpha value is -9.19. The van der Waals surface area contributed by atoms with Gasteiger partial charge < -0.3 is 9.80 Å². The Bertz CT molecular complexity index is 3800. The first-order chi connectivity index (χ1) is 36.3. The molecule has 0 fully saturated rings. The summed E-state index contributed by atoms with van der Waals surface area (Å²) in [5, 5.41) is 0. The first-order valence-corrected chi connectivity index (χ1v) is 25.6. The van der Waals surface area contributed by atoms with Crippen LogP contribution >= 0.6 is 0 Å². The fourth-order valence-electron chi connectivity index (χ4n) is 12.8. The summed E-state index contributed by atoms with van der Waals surface area (Å²) in [6.45, 7) is 8.96. The molecule has 1 aliphatic carbocycles. The van der Waals surface area contributed by atoms with Gasteiger partial charge >= 0.3 is 0 Å². The van der Waals surface area contributed by atoms with Crippen LogP contribution < -0.4 is 9.80 Å². The zero-order chi connectivity index (χ0) is 49.7. The lowest BCUT2D eigenvalue weighted by atomic mass is 9.48. The topological polar surface area (TPSA) is 45.2 Å². The third-order valence-corrected chi connectivity index (χ3v) is 15.8. The van der Waals surface area contributed by atoms with Crippen molar-refractivity contribution in [3.8, 4) is 33.9 Å². The molecule has 14 rings (SSSR count). The molecule has 0 radical (unpaired) electrons. The molecule has 5 heteroatoms. The van der Waals surface area contributed by atoms with E-state index >= 15 is 0 Å². The van der Waals surface area contributed by atoms with E-state index in [2.05, 4.69) is 249 Å². The molecule has 0 atom stereocenters. The van der Waals surface area contributed by atoms with E-state index in [-0.39, 0.29) is 0 Å². The molecule has 9 aromatic carbocycles. The summed E-state index contributed by atoms with van der Waals surface area (Å²) in [7, 11) is 0. The third-order valence-electron chi connectivity index (χ3n) is 15.8. The molecule has 0 bridgehead atoms. The van der Waals surface area contributed by atoms with E-state index < -0.39 is 10.8 Å². The summed E-state index contributed by atoms with van der Waals surface area (Å²) in [5.41, 5.74) is 25.3. The number of hydrogen-bond donors (Lipinski definition) is 0. The molecule has 2 spiro atoms. The highest BCUT2D eigenvalue weighted by Crippen LogP contribution is 2.68. The number of rotatable bonds is 5. The SMILES string of the molecule is Cc1ccc2c(c1)C1(c3cc(C)ccc3N2c2ccccc2)c2ccccc2C2(c3cc(C)ccc3N(c3ccc(-c4nc(-c5ccccc5)cc(-c5ccncc5)n4)cc3)c3ccc(C)cc32)c2ccccc21. The van der Waals surface area contributed by atoms with E-state index in [0.29, 0.717) is 5.82 Å². The molecule has 2 aliphatic heterocycles. The molecule has 0 unspecified atom stereocenters. The average molecular weight is 950 g/mol. The minimum Gasteiger partial charge on any atom is -0.310 e. The lowest BCUT2D eigenvalue weighted by Crippen LogP contribution is -2.49. The van der Waals surface area contributed by atoms with Gasteiger partial charge in [-0.3, -0.25) is 4.98 Å². The van der Waals surface area contributed by atoms with Gasteiger partial charge in [0.25, 0.3) is 0 Å². The van der Waals surface area contributed by atoms with E-state index in [4.69, 9.17) is 9.97 Å². The second kappa shape index (κ2) is 16.7. The Morgan fingerprint density at radius 1 is 0.297 bits per heavy atom. The summed E-state index contributed by atoms with van der Waals surface area (Å²) < 4.78 is 0. The summed E-state index contributed by atoms with van der Waals surface area (Å²) in [6, 6.07) is 83.3. The van der Waals surface area contributed by atoms with Crippen LogP contribution in [-0.2, 0) is 10.8 Å². The van der Waals surface area contributed by atoms with Gasteiger partial charge in [0.2, 0.25) is 0 Å². The lowest BCUT2D eigenvalue weighted by Gasteiger charge is -2.56. The molecule has 0 saturated heterocycles. The predicted molar refractivity (Wildman–Crippen MR) is 302 cm³/mol. The van der Waals surface area contributed by atoms with Gasteiger partial charge in [-0.2, -0.15) is 0 Å². The van der Waals surface area contributed by atoms with E-state index in [0.717, 1.165) is 50.8 Å². The van der Waals surface area contributed by atoms with Crippen molar-refractivity contribution < 1.29 is 0 Å². The van der Waals surface area contributed by atoms with Crippen molar-refractivity contribution in [2.75, 3.05) is 9.80 Å². The highest BCUT2D eigenvalue weighted by atomic mass is 15.2. The van der Waals surface area contributed by atoms with E-state index in [9.17, 15) is 0 Å². The van der Waals surface area contributed by atoms with Crippen LogP contribution in [0.2, 0.25) is 0 Å². The number of benzene rings is 9. The summed E-state index contributed by atoms with van der Waals surface area (Å²) in [6.07, 6.45) is 3.63. The minimum atomic E-state index is -0.697. The Balaban J connectivity index is 1.00. The van der Waals surface area contributed by atoms with Crippen LogP contribution in [0.4, 0.5) is 34.1 Å². The van der Waals surface area contributed by atoms with E-state index in [1.807, 2.05) is 30.6 Å². The molecule has 74 heavy (non-hydrogen) atoms. The van der Waals surface area contributed by atoms with Crippen LogP contribution in [0.25, 0.3) is 33.9 Å². The molecule has 0 N–H and O–H groups in total. The van der Waals surface area contributed by atoms with Gasteiger partial charge in [0.1, 0.15) is 0 Å². The van der Waals surface area contributed by atoms with Crippen LogP contribution in [0.5, 0.6) is 0 Å². The van der Waals surface area contributed by atoms with Crippen molar-refractivity contribution >= 4 is 34.1 Å². The quantitative estimate of drug-likeness (QED) is 0.172. The maximum Gasteiger partial charge on any atom is 0.160 e. The van der Waals surface area contributed by atoms with Crippen LogP contribution in [0.1, 0.15) is 66.8 Å². The number of fused-ring (bicyclic) bond motifs is 14. The number of pyridine rings is 1. The van der Waals surface area contributed by atoms with Crippen molar-refractivity contribution in [1.29, 1.82) is 0 Å². The first kappa shape index (κ1) is 43.6. The van der Waals surface area contributed by atoms with Crippen molar-refractivity contribution in [3.05, 3.63) is 304 Å². The number of aromatic nitrogens is 3. The molecule has 352 valence electrons. The van der Waals surface area contributed by atoms with Gasteiger partial charge in [-0.1, -0.05) is 168 Å². The van der Waals surface area contributed by atoms with Gasteiger partial charge in [-0.05, 0) is 151 Å². The molecule has 0 amide bonds. The molecule has 0 saturated carbocycles. The maximum absolute atomic E-state index is 5.18. The van der Waals surface area contributed by atoms with Crippen molar-refractivity contribution in [1.82, 2.24) is 15.0 Å². The number of para-hydroxylation sites is 1. The number of aryl methyl sites for hydroxylation is 4. The number of anilines is 6. The summed E-state index contributed by atoms with van der Waals surface area (Å²) in [5.74, 6) is 0.668. The smallest absolute Gasteiger partial charge is 0.160 e. The van der Waals surface area contributed by atoms with Gasteiger partial charge in [0.05, 0.1) is 45.0 Å². The number of hydrogen-bond acceptors (Lipinski definition) is 5. The molecular weight excluding hydrogens is 899 g/mol. The van der Waals surface area contributed by atoms with Crippen molar-refractivity contribution in [2.45, 2.75) is 38.5 Å². The summed E-state index contributed by atoms with van der Waals surface area (Å²) in [4.78, 5) is 19.6. The van der Waals surface area contributed by atoms with E-state index in [1.54, 1.807) is 0 Å². The van der Waals surface area contributed by atoms with Crippen LogP contribution in [0.3, 0.4) is 0 Å². The van der Waals surface area contributed by atoms with Gasteiger partial charge in [-0.25, -0.2) is 9.97 Å². The summed E-state index contributed by atoms with van der Waals surface area (Å²) >= 11 is 0. The van der Waals surface area contributed by atoms with Gasteiger partial charge in [-0.15, -0.1) is 0 Å². The largest absolute Gasteiger partial charge is 0.310 e. The Morgan fingerprint density at radius 3 is 1.05 bits per heavy atom. The monoisotopic (exact) mass is 949 g/mol. The van der Waals surface area contributed by atoms with Gasteiger partial charge in [0, 0.05) is 40.5 Å².